The third kappa shape index (κ3) is 14.9. The molecule has 1 aromatic rings. The molecule has 2 unspecified atom stereocenters. The van der Waals surface area contributed by atoms with Crippen LogP contribution >= 0.6 is 79.5 Å². The van der Waals surface area contributed by atoms with E-state index in [0.29, 0.717) is 4.42 Å². The monoisotopic (exact) mass is 1030 g/mol. The van der Waals surface area contributed by atoms with Gasteiger partial charge in [0.1, 0.15) is 13.2 Å². The van der Waals surface area contributed by atoms with Gasteiger partial charge in [0.05, 0.1) is 50.1 Å². The molecule has 0 aliphatic carbocycles. The Labute approximate surface area is 321 Å². The number of anilines is 1. The summed E-state index contributed by atoms with van der Waals surface area (Å²) in [7, 11) is 0. The van der Waals surface area contributed by atoms with Gasteiger partial charge in [-0.15, -0.1) is 0 Å². The summed E-state index contributed by atoms with van der Waals surface area (Å²) >= 11 is 11.7. The van der Waals surface area contributed by atoms with Gasteiger partial charge in [0.15, 0.2) is 12.2 Å². The molecule has 1 rings (SSSR count). The maximum atomic E-state index is 13.8. The van der Waals surface area contributed by atoms with Crippen LogP contribution in [0.25, 0.3) is 0 Å². The second-order valence-corrected chi connectivity index (χ2v) is 13.2. The van der Waals surface area contributed by atoms with Crippen LogP contribution in [0.3, 0.4) is 0 Å². The molecule has 0 aromatic heterocycles. The van der Waals surface area contributed by atoms with Crippen molar-refractivity contribution < 1.29 is 62.0 Å². The SMILES string of the molecule is CCOC(=O)CCC(=O)Nc1c(I)c(C(=O)NCC(COC(C)=O)OC(C)=O)c(I)c(C(=O)N(Cl)CC(COC(C)=O)OC(C)=O)c1I. The zero-order chi connectivity index (χ0) is 36.7. The molecule has 0 aliphatic rings. The van der Waals surface area contributed by atoms with Crippen molar-refractivity contribution in [2.75, 3.05) is 38.2 Å². The number of hydrogen-bond acceptors (Lipinski definition) is 13. The molecule has 0 spiro atoms. The zero-order valence-electron chi connectivity index (χ0n) is 26.4. The summed E-state index contributed by atoms with van der Waals surface area (Å²) in [6.45, 7) is 4.82. The minimum atomic E-state index is -1.15. The van der Waals surface area contributed by atoms with Crippen molar-refractivity contribution in [3.05, 3.63) is 21.8 Å². The summed E-state index contributed by atoms with van der Waals surface area (Å²) in [5, 5.41) is 5.23. The molecule has 0 saturated carbocycles. The van der Waals surface area contributed by atoms with E-state index >= 15 is 0 Å². The van der Waals surface area contributed by atoms with E-state index < -0.39 is 72.9 Å². The number of carbonyl (C=O) groups is 8. The van der Waals surface area contributed by atoms with E-state index in [2.05, 4.69) is 10.6 Å². The molecule has 266 valence electrons. The lowest BCUT2D eigenvalue weighted by atomic mass is 10.1. The average Bonchev–Trinajstić information content (AvgIpc) is 2.97. The van der Waals surface area contributed by atoms with E-state index in [1.165, 1.54) is 0 Å². The number of carbonyl (C=O) groups excluding carboxylic acids is 8. The van der Waals surface area contributed by atoms with E-state index in [4.69, 9.17) is 35.5 Å². The molecule has 3 amide bonds. The topological polar surface area (TPSA) is 210 Å². The van der Waals surface area contributed by atoms with Crippen LogP contribution < -0.4 is 10.6 Å². The molecule has 0 radical (unpaired) electrons. The van der Waals surface area contributed by atoms with Gasteiger partial charge < -0.3 is 34.3 Å². The minimum absolute atomic E-state index is 0.0527. The smallest absolute Gasteiger partial charge is 0.306 e. The molecular weight excluding hydrogens is 1000 g/mol. The van der Waals surface area contributed by atoms with E-state index in [-0.39, 0.29) is 60.1 Å². The Morgan fingerprint density at radius 3 is 1.77 bits per heavy atom. The lowest BCUT2D eigenvalue weighted by Gasteiger charge is -2.24. The lowest BCUT2D eigenvalue weighted by molar-refractivity contribution is -0.156. The summed E-state index contributed by atoms with van der Waals surface area (Å²) in [4.78, 5) is 98.0. The van der Waals surface area contributed by atoms with Crippen LogP contribution in [0.15, 0.2) is 0 Å². The number of hydrogen-bond donors (Lipinski definition) is 2. The highest BCUT2D eigenvalue weighted by molar-refractivity contribution is 14.1. The van der Waals surface area contributed by atoms with Crippen LogP contribution in [0.2, 0.25) is 0 Å². The number of benzene rings is 1. The Morgan fingerprint density at radius 1 is 0.729 bits per heavy atom. The molecule has 1 aromatic carbocycles. The lowest BCUT2D eigenvalue weighted by Crippen LogP contribution is -2.39. The Balaban J connectivity index is 3.61. The first-order valence-corrected chi connectivity index (χ1v) is 17.5. The summed E-state index contributed by atoms with van der Waals surface area (Å²) in [5.74, 6) is -5.57. The first kappa shape index (κ1) is 43.5. The second kappa shape index (κ2) is 21.5. The summed E-state index contributed by atoms with van der Waals surface area (Å²) in [6, 6.07) is 0. The molecule has 0 fully saturated rings. The van der Waals surface area contributed by atoms with Gasteiger partial charge in [-0.25, -0.2) is 4.42 Å². The van der Waals surface area contributed by atoms with Crippen molar-refractivity contribution in [2.45, 2.75) is 59.7 Å². The largest absolute Gasteiger partial charge is 0.466 e. The Bertz CT molecular complexity index is 1430. The van der Waals surface area contributed by atoms with Crippen molar-refractivity contribution in [3.63, 3.8) is 0 Å². The molecule has 16 nitrogen and oxygen atoms in total. The van der Waals surface area contributed by atoms with Crippen LogP contribution in [0, 0.1) is 10.7 Å². The molecule has 0 saturated heterocycles. The highest BCUT2D eigenvalue weighted by Gasteiger charge is 2.32. The first-order valence-electron chi connectivity index (χ1n) is 13.9. The molecular formula is C28H33ClI3N3O13. The van der Waals surface area contributed by atoms with E-state index in [1.807, 2.05) is 22.6 Å². The third-order valence-electron chi connectivity index (χ3n) is 5.57. The normalized spacial score (nSPS) is 11.7. The standard InChI is InChI=1S/C28H33ClI3N3O13/c1-6-44-20(41)8-7-19(40)34-26-24(31)21(27(42)33-9-17(47-15(4)38)11-45-13(2)36)23(30)22(25(26)32)28(43)35(29)10-18(48-16(5)39)12-46-14(3)37/h17-18H,6-12H2,1-5H3,(H,33,42)(H,34,40). The highest BCUT2D eigenvalue weighted by atomic mass is 127. The first-order chi connectivity index (χ1) is 22.4. The predicted molar refractivity (Wildman–Crippen MR) is 193 cm³/mol. The van der Waals surface area contributed by atoms with Crippen LogP contribution in [0.4, 0.5) is 5.69 Å². The van der Waals surface area contributed by atoms with Gasteiger partial charge in [0, 0.05) is 49.5 Å². The fourth-order valence-electron chi connectivity index (χ4n) is 3.64. The predicted octanol–water partition coefficient (Wildman–Crippen LogP) is 3.10. The molecule has 48 heavy (non-hydrogen) atoms. The van der Waals surface area contributed by atoms with Crippen LogP contribution in [0.1, 0.15) is 68.2 Å². The maximum absolute atomic E-state index is 13.8. The zero-order valence-corrected chi connectivity index (χ0v) is 33.6. The van der Waals surface area contributed by atoms with Crippen molar-refractivity contribution in [2.24, 2.45) is 0 Å². The fourth-order valence-corrected chi connectivity index (χ4v) is 8.26. The fraction of sp³-hybridized carbons (Fsp3) is 0.500. The number of ether oxygens (including phenoxy) is 5. The Kier molecular flexibility index (Phi) is 19.5. The van der Waals surface area contributed by atoms with E-state index in [1.54, 1.807) is 52.1 Å². The number of nitrogens with one attached hydrogen (secondary N) is 2. The van der Waals surface area contributed by atoms with Gasteiger partial charge in [0.2, 0.25) is 5.91 Å². The van der Waals surface area contributed by atoms with Gasteiger partial charge in [-0.2, -0.15) is 0 Å². The third-order valence-corrected chi connectivity index (χ3v) is 9.10. The van der Waals surface area contributed by atoms with E-state index in [9.17, 15) is 38.4 Å². The number of nitrogens with zero attached hydrogens (tertiary/aromatic N) is 1. The van der Waals surface area contributed by atoms with Gasteiger partial charge in [-0.05, 0) is 74.7 Å². The van der Waals surface area contributed by atoms with Crippen molar-refractivity contribution in [1.82, 2.24) is 9.74 Å². The molecule has 0 bridgehead atoms. The van der Waals surface area contributed by atoms with Gasteiger partial charge in [0.25, 0.3) is 11.8 Å². The number of esters is 5. The number of halogens is 4. The maximum Gasteiger partial charge on any atom is 0.306 e. The van der Waals surface area contributed by atoms with Gasteiger partial charge in [-0.1, -0.05) is 0 Å². The quantitative estimate of drug-likeness (QED) is 0.0997. The average molecular weight is 1040 g/mol. The van der Waals surface area contributed by atoms with E-state index in [0.717, 1.165) is 27.7 Å². The Morgan fingerprint density at radius 2 is 1.25 bits per heavy atom. The summed E-state index contributed by atoms with van der Waals surface area (Å²) in [6.07, 6.45) is -2.70. The van der Waals surface area contributed by atoms with Crippen LogP contribution in [-0.2, 0) is 52.5 Å². The minimum Gasteiger partial charge on any atom is -0.466 e. The number of amides is 3. The van der Waals surface area contributed by atoms with Crippen molar-refractivity contribution in [3.8, 4) is 0 Å². The second-order valence-electron chi connectivity index (χ2n) is 9.55. The molecule has 0 aliphatic heterocycles. The highest BCUT2D eigenvalue weighted by Crippen LogP contribution is 2.37. The Hall–Kier alpha value is -2.54. The van der Waals surface area contributed by atoms with Crippen molar-refractivity contribution in [1.29, 1.82) is 0 Å². The van der Waals surface area contributed by atoms with Crippen molar-refractivity contribution >= 4 is 133 Å². The number of rotatable bonds is 17. The molecule has 20 heteroatoms. The van der Waals surface area contributed by atoms with Crippen LogP contribution in [0.5, 0.6) is 0 Å². The van der Waals surface area contributed by atoms with Gasteiger partial charge in [-0.3, -0.25) is 38.4 Å². The molecule has 2 N–H and O–H groups in total. The van der Waals surface area contributed by atoms with Gasteiger partial charge >= 0.3 is 29.8 Å². The van der Waals surface area contributed by atoms with Crippen LogP contribution in [-0.4, -0.2) is 97.1 Å². The molecule has 2 atom stereocenters. The summed E-state index contributed by atoms with van der Waals surface area (Å²) < 4.78 is 26.1. The molecule has 0 heterocycles. The summed E-state index contributed by atoms with van der Waals surface area (Å²) in [5.41, 5.74) is -0.142.